The molecule has 0 aliphatic carbocycles. The zero-order valence-corrected chi connectivity index (χ0v) is 21.9. The molecule has 1 aromatic carbocycles. The second kappa shape index (κ2) is 12.8. The van der Waals surface area contributed by atoms with Crippen molar-refractivity contribution in [2.24, 2.45) is 4.99 Å². The first-order chi connectivity index (χ1) is 15.2. The number of aromatic amines is 1. The maximum atomic E-state index is 6.17. The van der Waals surface area contributed by atoms with Gasteiger partial charge in [0.15, 0.2) is 5.96 Å². The van der Waals surface area contributed by atoms with Crippen LogP contribution in [0.25, 0.3) is 10.9 Å². The number of fused-ring (bicyclic) bond motifs is 1. The fourth-order valence-electron chi connectivity index (χ4n) is 4.63. The van der Waals surface area contributed by atoms with Gasteiger partial charge in [-0.25, -0.2) is 0 Å². The molecule has 1 unspecified atom stereocenters. The first kappa shape index (κ1) is 25.3. The van der Waals surface area contributed by atoms with Crippen LogP contribution in [0.3, 0.4) is 0 Å². The van der Waals surface area contributed by atoms with E-state index in [0.29, 0.717) is 12.2 Å². The predicted octanol–water partition coefficient (Wildman–Crippen LogP) is 4.65. The predicted molar refractivity (Wildman–Crippen MR) is 142 cm³/mol. The molecular formula is C25H39IN4O2. The highest BCUT2D eigenvalue weighted by Gasteiger charge is 2.23. The van der Waals surface area contributed by atoms with E-state index in [1.165, 1.54) is 34.9 Å². The van der Waals surface area contributed by atoms with Crippen LogP contribution < -0.4 is 5.32 Å². The molecule has 3 heterocycles. The number of H-pyrrole nitrogens is 1. The number of halogens is 1. The summed E-state index contributed by atoms with van der Waals surface area (Å²) < 4.78 is 12.0. The number of piperidine rings is 1. The maximum Gasteiger partial charge on any atom is 0.193 e. The van der Waals surface area contributed by atoms with Gasteiger partial charge in [0.1, 0.15) is 0 Å². The molecule has 2 N–H and O–H groups in total. The van der Waals surface area contributed by atoms with Gasteiger partial charge >= 0.3 is 0 Å². The number of likely N-dealkylation sites (tertiary alicyclic amines) is 1. The van der Waals surface area contributed by atoms with Gasteiger partial charge in [-0.2, -0.15) is 0 Å². The Bertz CT molecular complexity index is 855. The molecule has 6 nitrogen and oxygen atoms in total. The molecule has 2 aromatic rings. The molecule has 1 atom stereocenters. The van der Waals surface area contributed by atoms with Crippen molar-refractivity contribution in [3.63, 3.8) is 0 Å². The van der Waals surface area contributed by atoms with Gasteiger partial charge in [0.2, 0.25) is 0 Å². The number of aryl methyl sites for hydroxylation is 1. The van der Waals surface area contributed by atoms with Gasteiger partial charge < -0.3 is 24.7 Å². The molecule has 2 saturated heterocycles. The Labute approximate surface area is 209 Å². The van der Waals surface area contributed by atoms with Crippen LogP contribution in [-0.4, -0.2) is 67.4 Å². The average Bonchev–Trinajstić information content (AvgIpc) is 3.20. The fraction of sp³-hybridized carbons (Fsp3) is 0.640. The summed E-state index contributed by atoms with van der Waals surface area (Å²) in [4.78, 5) is 10.7. The van der Waals surface area contributed by atoms with E-state index in [9.17, 15) is 0 Å². The molecule has 0 saturated carbocycles. The second-order valence-electron chi connectivity index (χ2n) is 8.86. The molecule has 7 heteroatoms. The number of ether oxygens (including phenoxy) is 2. The van der Waals surface area contributed by atoms with Gasteiger partial charge in [-0.15, -0.1) is 24.0 Å². The van der Waals surface area contributed by atoms with Crippen LogP contribution in [0.2, 0.25) is 0 Å². The van der Waals surface area contributed by atoms with Crippen LogP contribution in [0.4, 0.5) is 0 Å². The zero-order valence-electron chi connectivity index (χ0n) is 19.6. The number of aliphatic imine (C=N–C) groups is 1. The van der Waals surface area contributed by atoms with Crippen molar-refractivity contribution < 1.29 is 9.47 Å². The number of nitrogens with zero attached hydrogens (tertiary/aromatic N) is 2. The van der Waals surface area contributed by atoms with Crippen molar-refractivity contribution in [3.05, 3.63) is 35.5 Å². The van der Waals surface area contributed by atoms with Crippen LogP contribution in [0.1, 0.15) is 50.2 Å². The van der Waals surface area contributed by atoms with Gasteiger partial charge in [-0.3, -0.25) is 4.99 Å². The molecule has 2 fully saturated rings. The smallest absolute Gasteiger partial charge is 0.193 e. The van der Waals surface area contributed by atoms with Gasteiger partial charge in [-0.1, -0.05) is 12.1 Å². The monoisotopic (exact) mass is 554 g/mol. The third-order valence-electron chi connectivity index (χ3n) is 6.43. The third-order valence-corrected chi connectivity index (χ3v) is 6.43. The quantitative estimate of drug-likeness (QED) is 0.297. The molecule has 4 rings (SSSR count). The first-order valence-corrected chi connectivity index (χ1v) is 12.1. The minimum Gasteiger partial charge on any atom is -0.376 e. The molecule has 0 radical (unpaired) electrons. The topological polar surface area (TPSA) is 61.9 Å². The highest BCUT2D eigenvalue weighted by atomic mass is 127. The Kier molecular flexibility index (Phi) is 10.1. The van der Waals surface area contributed by atoms with Crippen LogP contribution in [0, 0.1) is 6.92 Å². The largest absolute Gasteiger partial charge is 0.376 e. The number of aromatic nitrogens is 1. The van der Waals surface area contributed by atoms with Gasteiger partial charge in [0.05, 0.1) is 18.8 Å². The van der Waals surface area contributed by atoms with E-state index >= 15 is 0 Å². The molecule has 178 valence electrons. The maximum absolute atomic E-state index is 6.17. The lowest BCUT2D eigenvalue weighted by Gasteiger charge is -2.35. The summed E-state index contributed by atoms with van der Waals surface area (Å²) in [5, 5.41) is 4.79. The summed E-state index contributed by atoms with van der Waals surface area (Å²) in [6.45, 7) is 9.58. The fourth-order valence-corrected chi connectivity index (χ4v) is 4.63. The van der Waals surface area contributed by atoms with E-state index in [4.69, 9.17) is 14.5 Å². The van der Waals surface area contributed by atoms with Crippen LogP contribution in [-0.2, 0) is 15.9 Å². The molecular weight excluding hydrogens is 515 g/mol. The molecule has 2 aliphatic rings. The van der Waals surface area contributed by atoms with Crippen molar-refractivity contribution >= 4 is 40.8 Å². The van der Waals surface area contributed by atoms with E-state index in [2.05, 4.69) is 53.4 Å². The Morgan fingerprint density at radius 3 is 2.84 bits per heavy atom. The van der Waals surface area contributed by atoms with Crippen molar-refractivity contribution in [2.75, 3.05) is 39.4 Å². The lowest BCUT2D eigenvalue weighted by atomic mass is 10.1. The molecule has 32 heavy (non-hydrogen) atoms. The number of guanidine groups is 1. The number of hydrogen-bond donors (Lipinski definition) is 2. The summed E-state index contributed by atoms with van der Waals surface area (Å²) in [6, 6.07) is 6.60. The van der Waals surface area contributed by atoms with Crippen molar-refractivity contribution in [2.45, 2.75) is 64.6 Å². The minimum atomic E-state index is 0. The molecule has 0 spiro atoms. The Morgan fingerprint density at radius 1 is 1.25 bits per heavy atom. The number of rotatable bonds is 7. The van der Waals surface area contributed by atoms with E-state index in [-0.39, 0.29) is 24.0 Å². The van der Waals surface area contributed by atoms with Gasteiger partial charge in [0, 0.05) is 49.9 Å². The molecule has 2 aliphatic heterocycles. The van der Waals surface area contributed by atoms with Gasteiger partial charge in [0.25, 0.3) is 0 Å². The highest BCUT2D eigenvalue weighted by molar-refractivity contribution is 14.0. The molecule has 0 amide bonds. The van der Waals surface area contributed by atoms with Crippen molar-refractivity contribution in [1.29, 1.82) is 0 Å². The lowest BCUT2D eigenvalue weighted by Crippen LogP contribution is -2.47. The summed E-state index contributed by atoms with van der Waals surface area (Å²) in [7, 11) is 0. The number of nitrogens with one attached hydrogen (secondary N) is 2. The Hall–Kier alpha value is -1.32. The zero-order chi connectivity index (χ0) is 21.5. The van der Waals surface area contributed by atoms with E-state index in [1.807, 2.05) is 0 Å². The Balaban J connectivity index is 0.00000289. The highest BCUT2D eigenvalue weighted by Crippen LogP contribution is 2.21. The summed E-state index contributed by atoms with van der Waals surface area (Å²) >= 11 is 0. The standard InChI is InChI=1S/C25H38N4O2.HI/c1-3-26-25(27-12-9-20-17-28-24-16-19(2)7-8-23(20)24)29-13-10-21(11-14-29)31-18-22-6-4-5-15-30-22;/h7-8,16-17,21-22,28H,3-6,9-15,18H2,1-2H3,(H,26,27);1H. The average molecular weight is 555 g/mol. The molecule has 0 bridgehead atoms. The summed E-state index contributed by atoms with van der Waals surface area (Å²) in [6.07, 6.45) is 9.45. The van der Waals surface area contributed by atoms with E-state index < -0.39 is 0 Å². The van der Waals surface area contributed by atoms with Crippen molar-refractivity contribution in [3.8, 4) is 0 Å². The molecule has 1 aromatic heterocycles. The number of benzene rings is 1. The van der Waals surface area contributed by atoms with Crippen LogP contribution in [0.5, 0.6) is 0 Å². The SMILES string of the molecule is CCNC(=NCCc1c[nH]c2cc(C)ccc12)N1CCC(OCC2CCCCO2)CC1.I. The second-order valence-corrected chi connectivity index (χ2v) is 8.86. The normalized spacial score (nSPS) is 20.4. The van der Waals surface area contributed by atoms with Crippen molar-refractivity contribution in [1.82, 2.24) is 15.2 Å². The van der Waals surface area contributed by atoms with E-state index in [0.717, 1.165) is 71.0 Å². The lowest BCUT2D eigenvalue weighted by molar-refractivity contribution is -0.0721. The van der Waals surface area contributed by atoms with Gasteiger partial charge in [-0.05, 0) is 69.6 Å². The summed E-state index contributed by atoms with van der Waals surface area (Å²) in [5.74, 6) is 1.03. The van der Waals surface area contributed by atoms with E-state index in [1.54, 1.807) is 0 Å². The minimum absolute atomic E-state index is 0. The van der Waals surface area contributed by atoms with Crippen LogP contribution >= 0.6 is 24.0 Å². The first-order valence-electron chi connectivity index (χ1n) is 12.1. The number of hydrogen-bond acceptors (Lipinski definition) is 3. The Morgan fingerprint density at radius 2 is 2.09 bits per heavy atom. The summed E-state index contributed by atoms with van der Waals surface area (Å²) in [5.41, 5.74) is 3.84. The van der Waals surface area contributed by atoms with Crippen LogP contribution in [0.15, 0.2) is 29.4 Å². The third kappa shape index (κ3) is 6.84.